The van der Waals surface area contributed by atoms with Crippen LogP contribution >= 0.6 is 11.3 Å². The maximum Gasteiger partial charge on any atom is 0.262 e. The van der Waals surface area contributed by atoms with Gasteiger partial charge in [-0.1, -0.05) is 12.2 Å². The van der Waals surface area contributed by atoms with Gasteiger partial charge in [-0.15, -0.1) is 11.3 Å². The number of aromatic nitrogens is 1. The van der Waals surface area contributed by atoms with Gasteiger partial charge in [-0.2, -0.15) is 5.10 Å². The number of thiazole rings is 1. The smallest absolute Gasteiger partial charge is 0.262 e. The number of nitrogens with zero attached hydrogens (tertiary/aromatic N) is 3. The quantitative estimate of drug-likeness (QED) is 0.616. The number of carbonyl (C=O) groups excluding carboxylic acids is 1. The number of hydrogen-bond acceptors (Lipinski definition) is 5. The van der Waals surface area contributed by atoms with Crippen LogP contribution in [0.4, 0.5) is 5.69 Å². The van der Waals surface area contributed by atoms with E-state index < -0.39 is 0 Å². The zero-order valence-corrected chi connectivity index (χ0v) is 17.4. The lowest BCUT2D eigenvalue weighted by molar-refractivity contribution is -0.118. The zero-order chi connectivity index (χ0) is 20.0. The third kappa shape index (κ3) is 3.55. The molecule has 3 aliphatic rings. The number of anilines is 1. The van der Waals surface area contributed by atoms with Crippen LogP contribution in [0, 0.1) is 17.8 Å². The molecule has 7 heteroatoms. The highest BCUT2D eigenvalue weighted by atomic mass is 32.1. The summed E-state index contributed by atoms with van der Waals surface area (Å²) in [6.45, 7) is 4.20. The largest absolute Gasteiger partial charge is 0.482 e. The first kappa shape index (κ1) is 18.4. The van der Waals surface area contributed by atoms with Crippen molar-refractivity contribution in [3.63, 3.8) is 0 Å². The van der Waals surface area contributed by atoms with Crippen LogP contribution in [-0.2, 0) is 4.79 Å². The van der Waals surface area contributed by atoms with Crippen molar-refractivity contribution >= 4 is 29.1 Å². The van der Waals surface area contributed by atoms with E-state index in [1.165, 1.54) is 12.8 Å². The summed E-state index contributed by atoms with van der Waals surface area (Å²) in [5.74, 6) is 2.39. The van der Waals surface area contributed by atoms with Gasteiger partial charge in [0.2, 0.25) is 4.80 Å². The Labute approximate surface area is 173 Å². The average molecular weight is 409 g/mol. The van der Waals surface area contributed by atoms with Crippen molar-refractivity contribution in [1.29, 1.82) is 0 Å². The van der Waals surface area contributed by atoms with Gasteiger partial charge in [0, 0.05) is 29.1 Å². The number of allylic oxidation sites excluding steroid dienone is 2. The van der Waals surface area contributed by atoms with E-state index in [-0.39, 0.29) is 18.6 Å². The van der Waals surface area contributed by atoms with Crippen molar-refractivity contribution in [3.8, 4) is 17.0 Å². The minimum atomic E-state index is -0.134. The van der Waals surface area contributed by atoms with Crippen molar-refractivity contribution in [1.82, 2.24) is 4.68 Å². The van der Waals surface area contributed by atoms with Gasteiger partial charge in [-0.3, -0.25) is 9.79 Å². The van der Waals surface area contributed by atoms with Crippen molar-refractivity contribution in [3.05, 3.63) is 40.5 Å². The molecule has 2 aliphatic carbocycles. The van der Waals surface area contributed by atoms with E-state index >= 15 is 0 Å². The summed E-state index contributed by atoms with van der Waals surface area (Å²) in [6, 6.07) is 6.03. The number of benzene rings is 1. The summed E-state index contributed by atoms with van der Waals surface area (Å²) in [7, 11) is 0. The Morgan fingerprint density at radius 2 is 2.21 bits per heavy atom. The second-order valence-electron chi connectivity index (χ2n) is 8.19. The van der Waals surface area contributed by atoms with Crippen LogP contribution in [-0.4, -0.2) is 29.4 Å². The van der Waals surface area contributed by atoms with Gasteiger partial charge >= 0.3 is 0 Å². The third-order valence-electron chi connectivity index (χ3n) is 5.67. The number of ether oxygens (including phenoxy) is 1. The molecule has 1 aromatic heterocycles. The summed E-state index contributed by atoms with van der Waals surface area (Å²) in [5.41, 5.74) is 2.63. The number of nitrogens with one attached hydrogen (secondary N) is 1. The third-order valence-corrected chi connectivity index (χ3v) is 6.50. The molecule has 6 nitrogen and oxygen atoms in total. The molecule has 1 fully saturated rings. The molecule has 3 unspecified atom stereocenters. The van der Waals surface area contributed by atoms with Gasteiger partial charge < -0.3 is 10.1 Å². The molecule has 3 atom stereocenters. The lowest BCUT2D eigenvalue weighted by Crippen LogP contribution is -2.25. The molecular formula is C22H24N4O2S. The van der Waals surface area contributed by atoms with Crippen LogP contribution in [0.25, 0.3) is 11.3 Å². The van der Waals surface area contributed by atoms with E-state index in [1.54, 1.807) is 11.3 Å². The lowest BCUT2D eigenvalue weighted by atomic mass is 9.95. The highest BCUT2D eigenvalue weighted by Gasteiger charge is 2.34. The van der Waals surface area contributed by atoms with Gasteiger partial charge in [0.05, 0.1) is 11.4 Å². The molecule has 5 rings (SSSR count). The monoisotopic (exact) mass is 408 g/mol. The topological polar surface area (TPSA) is 68.0 Å². The Bertz CT molecular complexity index is 1080. The number of amides is 1. The first-order valence-electron chi connectivity index (χ1n) is 10.1. The molecule has 0 saturated heterocycles. The maximum absolute atomic E-state index is 11.7. The molecule has 1 N–H and O–H groups in total. The SMILES string of the molecule is CC(C)N=c1scc(-c2ccc3c(c2)NC(=O)CO3)n1N=CC1CC2C=CC1C2. The molecule has 150 valence electrons. The van der Waals surface area contributed by atoms with E-state index in [0.29, 0.717) is 29.2 Å². The molecule has 1 amide bonds. The van der Waals surface area contributed by atoms with Gasteiger partial charge in [0.25, 0.3) is 5.91 Å². The molecule has 2 aromatic rings. The molecule has 2 heterocycles. The highest BCUT2D eigenvalue weighted by molar-refractivity contribution is 7.07. The minimum absolute atomic E-state index is 0.0600. The molecule has 1 aliphatic heterocycles. The number of rotatable bonds is 4. The Hall–Kier alpha value is -2.67. The summed E-state index contributed by atoms with van der Waals surface area (Å²) in [5, 5.41) is 9.84. The normalized spacial score (nSPS) is 25.7. The van der Waals surface area contributed by atoms with E-state index in [0.717, 1.165) is 16.1 Å². The Morgan fingerprint density at radius 1 is 1.31 bits per heavy atom. The average Bonchev–Trinajstić information content (AvgIpc) is 3.41. The zero-order valence-electron chi connectivity index (χ0n) is 16.5. The summed E-state index contributed by atoms with van der Waals surface area (Å²) in [6.07, 6.45) is 9.24. The van der Waals surface area contributed by atoms with Crippen LogP contribution < -0.4 is 14.9 Å². The van der Waals surface area contributed by atoms with E-state index in [1.807, 2.05) is 22.9 Å². The summed E-state index contributed by atoms with van der Waals surface area (Å²) < 4.78 is 7.43. The highest BCUT2D eigenvalue weighted by Crippen LogP contribution is 2.42. The summed E-state index contributed by atoms with van der Waals surface area (Å²) >= 11 is 1.59. The van der Waals surface area contributed by atoms with E-state index in [4.69, 9.17) is 14.8 Å². The second kappa shape index (κ2) is 7.30. The number of fused-ring (bicyclic) bond motifs is 3. The predicted octanol–water partition coefficient (Wildman–Crippen LogP) is 3.90. The molecule has 1 saturated carbocycles. The van der Waals surface area contributed by atoms with Crippen molar-refractivity contribution < 1.29 is 9.53 Å². The summed E-state index contributed by atoms with van der Waals surface area (Å²) in [4.78, 5) is 17.3. The fourth-order valence-electron chi connectivity index (χ4n) is 4.31. The Balaban J connectivity index is 1.53. The number of carbonyl (C=O) groups is 1. The molecule has 0 spiro atoms. The minimum Gasteiger partial charge on any atom is -0.482 e. The molecule has 1 aromatic carbocycles. The maximum atomic E-state index is 11.7. The lowest BCUT2D eigenvalue weighted by Gasteiger charge is -2.18. The van der Waals surface area contributed by atoms with Crippen LogP contribution in [0.3, 0.4) is 0 Å². The van der Waals surface area contributed by atoms with Gasteiger partial charge in [0.15, 0.2) is 6.61 Å². The first-order chi connectivity index (χ1) is 14.1. The Kier molecular flexibility index (Phi) is 4.62. The number of hydrogen-bond donors (Lipinski definition) is 1. The van der Waals surface area contributed by atoms with E-state index in [2.05, 4.69) is 42.9 Å². The fourth-order valence-corrected chi connectivity index (χ4v) is 5.28. The molecular weight excluding hydrogens is 384 g/mol. The Morgan fingerprint density at radius 3 is 2.97 bits per heavy atom. The van der Waals surface area contributed by atoms with Crippen molar-refractivity contribution in [2.24, 2.45) is 27.8 Å². The van der Waals surface area contributed by atoms with Crippen LogP contribution in [0.15, 0.2) is 45.8 Å². The second-order valence-corrected chi connectivity index (χ2v) is 9.03. The van der Waals surface area contributed by atoms with Crippen LogP contribution in [0.5, 0.6) is 5.75 Å². The fraction of sp³-hybridized carbons (Fsp3) is 0.409. The van der Waals surface area contributed by atoms with Crippen LogP contribution in [0.1, 0.15) is 26.7 Å². The van der Waals surface area contributed by atoms with E-state index in [9.17, 15) is 4.79 Å². The van der Waals surface area contributed by atoms with Crippen LogP contribution in [0.2, 0.25) is 0 Å². The first-order valence-corrected chi connectivity index (χ1v) is 11.0. The standard InChI is InChI=1S/C22H24N4O2S/c1-13(2)24-22-26(23-10-17-8-14-3-4-15(17)7-14)19(12-29-22)16-5-6-20-18(9-16)25-21(27)11-28-20/h3-6,9-10,12-15,17H,7-8,11H2,1-2H3,(H,25,27). The van der Waals surface area contributed by atoms with Gasteiger partial charge in [-0.05, 0) is 56.7 Å². The van der Waals surface area contributed by atoms with Gasteiger partial charge in [0.1, 0.15) is 5.75 Å². The predicted molar refractivity (Wildman–Crippen MR) is 115 cm³/mol. The van der Waals surface area contributed by atoms with Crippen molar-refractivity contribution in [2.75, 3.05) is 11.9 Å². The van der Waals surface area contributed by atoms with Crippen molar-refractivity contribution in [2.45, 2.75) is 32.7 Å². The molecule has 0 radical (unpaired) electrons. The molecule has 2 bridgehead atoms. The van der Waals surface area contributed by atoms with Gasteiger partial charge in [-0.25, -0.2) is 4.68 Å². The molecule has 29 heavy (non-hydrogen) atoms.